The zero-order chi connectivity index (χ0) is 25.4. The molecule has 5 rings (SSSR count). The predicted octanol–water partition coefficient (Wildman–Crippen LogP) is 7.41. The lowest BCUT2D eigenvalue weighted by Gasteiger charge is -2.31. The van der Waals surface area contributed by atoms with E-state index in [-0.39, 0.29) is 23.4 Å². The molecule has 0 bridgehead atoms. The number of halogens is 2. The molecule has 1 fully saturated rings. The van der Waals surface area contributed by atoms with Crippen LogP contribution in [-0.2, 0) is 4.79 Å². The van der Waals surface area contributed by atoms with E-state index in [1.165, 1.54) is 0 Å². The average molecular weight is 615 g/mol. The third-order valence-corrected chi connectivity index (χ3v) is 7.94. The molecule has 0 radical (unpaired) electrons. The SMILES string of the molecule is Cc1onc2c1c(=O)n(C1CCCC(CC(=O)Nc3ccc(N=[N+]=[N-])c([125I])c3)C1)c1cccc(Cl)c21. The first-order valence-electron chi connectivity index (χ1n) is 11.6. The molecule has 184 valence electrons. The third kappa shape index (κ3) is 4.56. The Balaban J connectivity index is 1.40. The normalized spacial score (nSPS) is 17.8. The molecule has 1 N–H and O–H groups in total. The fraction of sp³-hybridized carbons (Fsp3) is 0.320. The summed E-state index contributed by atoms with van der Waals surface area (Å²) in [6.45, 7) is 1.73. The summed E-state index contributed by atoms with van der Waals surface area (Å²) in [5, 5.41) is 12.4. The number of fused-ring (bicyclic) bond motifs is 3. The minimum Gasteiger partial charge on any atom is -0.360 e. The highest BCUT2D eigenvalue weighted by atomic mass is 125. The number of nitrogens with one attached hydrogen (secondary N) is 1. The van der Waals surface area contributed by atoms with Crippen LogP contribution in [0.5, 0.6) is 0 Å². The van der Waals surface area contributed by atoms with Crippen molar-refractivity contribution >= 4 is 73.3 Å². The van der Waals surface area contributed by atoms with Gasteiger partial charge in [0.2, 0.25) is 5.91 Å². The fourth-order valence-corrected chi connectivity index (χ4v) is 6.09. The van der Waals surface area contributed by atoms with E-state index in [1.807, 2.05) is 16.7 Å². The predicted molar refractivity (Wildman–Crippen MR) is 148 cm³/mol. The Morgan fingerprint density at radius 1 is 1.33 bits per heavy atom. The molecule has 1 aliphatic carbocycles. The third-order valence-electron chi connectivity index (χ3n) is 6.76. The number of nitrogens with zero attached hydrogens (tertiary/aromatic N) is 5. The smallest absolute Gasteiger partial charge is 0.264 e. The first kappa shape index (κ1) is 24.6. The van der Waals surface area contributed by atoms with Crippen LogP contribution >= 0.6 is 34.2 Å². The maximum atomic E-state index is 13.6. The second-order valence-electron chi connectivity index (χ2n) is 9.07. The summed E-state index contributed by atoms with van der Waals surface area (Å²) in [4.78, 5) is 29.3. The first-order chi connectivity index (χ1) is 17.4. The number of rotatable bonds is 5. The molecule has 0 aliphatic heterocycles. The van der Waals surface area contributed by atoms with Crippen molar-refractivity contribution in [2.45, 2.75) is 45.1 Å². The zero-order valence-electron chi connectivity index (χ0n) is 19.4. The summed E-state index contributed by atoms with van der Waals surface area (Å²) in [6.07, 6.45) is 3.73. The molecular weight excluding hydrogens is 593 g/mol. The fourth-order valence-electron chi connectivity index (χ4n) is 5.21. The number of anilines is 1. The van der Waals surface area contributed by atoms with Crippen molar-refractivity contribution in [1.29, 1.82) is 0 Å². The summed E-state index contributed by atoms with van der Waals surface area (Å²) in [5.74, 6) is 0.516. The molecule has 2 atom stereocenters. The number of aromatic nitrogens is 2. The Morgan fingerprint density at radius 2 is 2.17 bits per heavy atom. The average Bonchev–Trinajstić information content (AvgIpc) is 3.23. The van der Waals surface area contributed by atoms with Crippen molar-refractivity contribution < 1.29 is 9.32 Å². The number of benzene rings is 2. The summed E-state index contributed by atoms with van der Waals surface area (Å²) in [5.41, 5.74) is 10.9. The van der Waals surface area contributed by atoms with Crippen molar-refractivity contribution in [2.24, 2.45) is 11.0 Å². The standard InChI is InChI=1S/C25H22ClIN6O3/c1-13-22-24(31-36-13)23-17(26)6-3-7-20(23)33(25(22)35)16-5-2-4-14(10-16)11-21(34)29-15-8-9-19(30-32-28)18(27)12-15/h3,6-9,12,14,16H,2,4-5,10-11H2,1H3,(H,29,34)/i27-2. The molecule has 2 aromatic carbocycles. The van der Waals surface area contributed by atoms with Crippen LogP contribution in [0.2, 0.25) is 5.02 Å². The van der Waals surface area contributed by atoms with E-state index in [4.69, 9.17) is 21.7 Å². The van der Waals surface area contributed by atoms with Crippen LogP contribution in [0.1, 0.15) is 43.9 Å². The van der Waals surface area contributed by atoms with Gasteiger partial charge in [-0.3, -0.25) is 9.59 Å². The van der Waals surface area contributed by atoms with E-state index >= 15 is 0 Å². The monoisotopic (exact) mass is 614 g/mol. The van der Waals surface area contributed by atoms with E-state index < -0.39 is 0 Å². The number of pyridine rings is 1. The Morgan fingerprint density at radius 3 is 2.94 bits per heavy atom. The van der Waals surface area contributed by atoms with Crippen LogP contribution in [0.25, 0.3) is 32.2 Å². The molecule has 1 amide bonds. The highest BCUT2D eigenvalue weighted by Crippen LogP contribution is 2.38. The van der Waals surface area contributed by atoms with Crippen molar-refractivity contribution in [1.82, 2.24) is 9.72 Å². The molecule has 1 saturated carbocycles. The molecule has 9 nitrogen and oxygen atoms in total. The second-order valence-corrected chi connectivity index (χ2v) is 10.6. The number of carbonyl (C=O) groups is 1. The van der Waals surface area contributed by atoms with Crippen molar-refractivity contribution in [2.75, 3.05) is 5.32 Å². The Bertz CT molecular complexity index is 1610. The number of azide groups is 1. The molecule has 2 aromatic heterocycles. The highest BCUT2D eigenvalue weighted by Gasteiger charge is 2.29. The van der Waals surface area contributed by atoms with Crippen molar-refractivity contribution in [3.63, 3.8) is 0 Å². The molecule has 11 heteroatoms. The summed E-state index contributed by atoms with van der Waals surface area (Å²) >= 11 is 8.62. The van der Waals surface area contributed by atoms with Gasteiger partial charge in [0.1, 0.15) is 16.7 Å². The van der Waals surface area contributed by atoms with Crippen LogP contribution in [0.15, 0.2) is 50.8 Å². The molecule has 36 heavy (non-hydrogen) atoms. The number of amides is 1. The van der Waals surface area contributed by atoms with E-state index in [1.54, 1.807) is 31.2 Å². The number of hydrogen-bond acceptors (Lipinski definition) is 5. The largest absolute Gasteiger partial charge is 0.360 e. The van der Waals surface area contributed by atoms with E-state index in [0.717, 1.165) is 28.3 Å². The highest BCUT2D eigenvalue weighted by molar-refractivity contribution is 14.1. The van der Waals surface area contributed by atoms with E-state index in [2.05, 4.69) is 43.1 Å². The summed E-state index contributed by atoms with van der Waals surface area (Å²) in [7, 11) is 0. The van der Waals surface area contributed by atoms with Gasteiger partial charge in [0.05, 0.1) is 16.2 Å². The first-order valence-corrected chi connectivity index (χ1v) is 13.1. The van der Waals surface area contributed by atoms with Crippen molar-refractivity contribution in [3.05, 3.63) is 71.5 Å². The summed E-state index contributed by atoms with van der Waals surface area (Å²) in [6, 6.07) is 10.6. The molecule has 0 saturated heterocycles. The van der Waals surface area contributed by atoms with Gasteiger partial charge < -0.3 is 14.4 Å². The molecule has 0 spiro atoms. The van der Waals surface area contributed by atoms with Gasteiger partial charge in [0, 0.05) is 32.0 Å². The van der Waals surface area contributed by atoms with Gasteiger partial charge in [-0.05, 0) is 90.6 Å². The Kier molecular flexibility index (Phi) is 6.92. The van der Waals surface area contributed by atoms with Gasteiger partial charge >= 0.3 is 0 Å². The van der Waals surface area contributed by atoms with Crippen LogP contribution < -0.4 is 10.9 Å². The molecule has 4 aromatic rings. The lowest BCUT2D eigenvalue weighted by atomic mass is 9.83. The van der Waals surface area contributed by atoms with Gasteiger partial charge in [0.25, 0.3) is 5.56 Å². The van der Waals surface area contributed by atoms with Crippen molar-refractivity contribution in [3.8, 4) is 0 Å². The maximum absolute atomic E-state index is 13.6. The van der Waals surface area contributed by atoms with Crippen LogP contribution in [0.3, 0.4) is 0 Å². The van der Waals surface area contributed by atoms with Gasteiger partial charge in [-0.25, -0.2) is 0 Å². The second kappa shape index (κ2) is 10.1. The van der Waals surface area contributed by atoms with Gasteiger partial charge in [-0.2, -0.15) is 0 Å². The van der Waals surface area contributed by atoms with Gasteiger partial charge in [-0.1, -0.05) is 34.4 Å². The molecule has 1 aliphatic rings. The number of hydrogen-bond donors (Lipinski definition) is 1. The molecular formula is C25H22ClIN6O3. The topological polar surface area (TPSA) is 126 Å². The number of aryl methyl sites for hydroxylation is 1. The van der Waals surface area contributed by atoms with E-state index in [9.17, 15) is 9.59 Å². The zero-order valence-corrected chi connectivity index (χ0v) is 22.3. The summed E-state index contributed by atoms with van der Waals surface area (Å²) < 4.78 is 7.94. The van der Waals surface area contributed by atoms with Gasteiger partial charge in [0.15, 0.2) is 0 Å². The molecule has 2 unspecified atom stereocenters. The minimum absolute atomic E-state index is 0.0622. The Labute approximate surface area is 224 Å². The Hall–Kier alpha value is -3.08. The van der Waals surface area contributed by atoms with Crippen LogP contribution in [0.4, 0.5) is 11.4 Å². The molecule has 2 heterocycles. The van der Waals surface area contributed by atoms with Crippen LogP contribution in [-0.4, -0.2) is 15.6 Å². The minimum atomic E-state index is -0.136. The van der Waals surface area contributed by atoms with E-state index in [0.29, 0.717) is 51.3 Å². The van der Waals surface area contributed by atoms with Crippen LogP contribution in [0, 0.1) is 16.4 Å². The lowest BCUT2D eigenvalue weighted by molar-refractivity contribution is -0.117. The number of carbonyl (C=O) groups excluding carboxylic acids is 1. The lowest BCUT2D eigenvalue weighted by Crippen LogP contribution is -2.30. The maximum Gasteiger partial charge on any atom is 0.264 e. The quantitative estimate of drug-likeness (QED) is 0.109. The van der Waals surface area contributed by atoms with Gasteiger partial charge in [-0.15, -0.1) is 0 Å².